The van der Waals surface area contributed by atoms with Crippen molar-refractivity contribution in [2.24, 2.45) is 0 Å². The lowest BCUT2D eigenvalue weighted by Crippen LogP contribution is -2.02. The van der Waals surface area contributed by atoms with Crippen LogP contribution in [0.15, 0.2) is 105 Å². The first-order chi connectivity index (χ1) is 24.2. The summed E-state index contributed by atoms with van der Waals surface area (Å²) in [4.78, 5) is 11.2. The highest BCUT2D eigenvalue weighted by atomic mass is 16.4. The zero-order chi connectivity index (χ0) is 38.2. The van der Waals surface area contributed by atoms with Crippen molar-refractivity contribution in [3.05, 3.63) is 116 Å². The van der Waals surface area contributed by atoms with E-state index in [1.807, 2.05) is 13.0 Å². The summed E-state index contributed by atoms with van der Waals surface area (Å²) in [5.41, 5.74) is 11.6. The first kappa shape index (κ1) is 45.2. The topological polar surface area (TPSA) is 80.6 Å². The molecule has 4 nitrogen and oxygen atoms in total. The number of hydrogen-bond acceptors (Lipinski definition) is 3. The third kappa shape index (κ3) is 22.6. The number of rotatable bonds is 24. The second-order valence-corrected chi connectivity index (χ2v) is 14.9. The maximum atomic E-state index is 12.2. The molecule has 0 spiro atoms. The maximum absolute atomic E-state index is 12.2. The number of hydrogen-bond donors (Lipinski definition) is 2. The number of carbonyl (C=O) groups is 1. The molecule has 0 heterocycles. The van der Waals surface area contributed by atoms with Crippen molar-refractivity contribution >= 4 is 5.97 Å². The predicted octanol–water partition coefficient (Wildman–Crippen LogP) is 13.8. The Morgan fingerprint density at radius 3 is 1.10 bits per heavy atom. The normalized spacial score (nSPS) is 13.9. The minimum Gasteiger partial charge on any atom is -0.870 e. The van der Waals surface area contributed by atoms with E-state index in [1.54, 1.807) is 0 Å². The fourth-order valence-corrected chi connectivity index (χ4v) is 5.81. The molecular formula is C47H69O4-. The molecule has 0 aliphatic heterocycles. The Kier molecular flexibility index (Phi) is 23.1. The van der Waals surface area contributed by atoms with E-state index < -0.39 is 17.5 Å². The Morgan fingerprint density at radius 2 is 0.804 bits per heavy atom. The summed E-state index contributed by atoms with van der Waals surface area (Å²) in [5, 5.41) is 31.1. The summed E-state index contributed by atoms with van der Waals surface area (Å²) in [6, 6.07) is 2.36. The standard InChI is InChI=1S/C47H70O4/c1-35(2)17-10-18-36(3)19-11-20-37(4)21-12-22-38(5)23-13-24-39(6)25-14-26-40(7)27-15-28-41(8)29-16-30-42(9)31-32-43-33-44(47(50)51)34-45(48)46(43)49/h17,19,21,23,25,27,29,31,33-34,48-49H,10-16,18,20,22,24,26,28,30,32H2,1-9H3,(H,50,51)/p-1/b36-19+,37-21+,38-23+,39-25+,40-27+,41-29+,42-31+. The SMILES string of the molecule is CC(C)=CCC/C(C)=C/CC/C(C)=C/CC/C(C)=C/CC/C(C)=C/CC/C(C)=C/CC/C(C)=C/CC/C(C)=C/Cc1cc(C(=O)O)cc(O)c1[O-]. The van der Waals surface area contributed by atoms with E-state index in [2.05, 4.69) is 97.9 Å². The van der Waals surface area contributed by atoms with Gasteiger partial charge >= 0.3 is 5.97 Å². The van der Waals surface area contributed by atoms with E-state index in [4.69, 9.17) is 0 Å². The van der Waals surface area contributed by atoms with Crippen molar-refractivity contribution in [2.45, 2.75) is 159 Å². The van der Waals surface area contributed by atoms with Gasteiger partial charge in [0.25, 0.3) is 0 Å². The van der Waals surface area contributed by atoms with Crippen molar-refractivity contribution in [1.82, 2.24) is 0 Å². The van der Waals surface area contributed by atoms with Crippen molar-refractivity contribution in [3.63, 3.8) is 0 Å². The quantitative estimate of drug-likeness (QED) is 0.105. The van der Waals surface area contributed by atoms with Crippen molar-refractivity contribution in [2.75, 3.05) is 0 Å². The third-order valence-electron chi connectivity index (χ3n) is 9.34. The minimum atomic E-state index is -1.16. The van der Waals surface area contributed by atoms with Crippen molar-refractivity contribution in [3.8, 4) is 11.5 Å². The molecule has 0 aliphatic carbocycles. The van der Waals surface area contributed by atoms with Gasteiger partial charge in [-0.25, -0.2) is 4.79 Å². The van der Waals surface area contributed by atoms with Gasteiger partial charge in [-0.2, -0.15) is 0 Å². The first-order valence-corrected chi connectivity index (χ1v) is 19.2. The van der Waals surface area contributed by atoms with Crippen LogP contribution in [0.3, 0.4) is 0 Å². The van der Waals surface area contributed by atoms with Gasteiger partial charge in [-0.15, -0.1) is 0 Å². The number of allylic oxidation sites excluding steroid dienone is 16. The number of aromatic carboxylic acids is 1. The lowest BCUT2D eigenvalue weighted by molar-refractivity contribution is -0.271. The van der Waals surface area contributed by atoms with Crippen LogP contribution in [0.25, 0.3) is 0 Å². The molecular weight excluding hydrogens is 629 g/mol. The van der Waals surface area contributed by atoms with Gasteiger partial charge in [-0.05, 0) is 176 Å². The largest absolute Gasteiger partial charge is 0.870 e. The Bertz CT molecular complexity index is 1480. The van der Waals surface area contributed by atoms with Crippen LogP contribution < -0.4 is 5.11 Å². The average molecular weight is 698 g/mol. The summed E-state index contributed by atoms with van der Waals surface area (Å²) < 4.78 is 0. The summed E-state index contributed by atoms with van der Waals surface area (Å²) in [5.74, 6) is -2.18. The van der Waals surface area contributed by atoms with E-state index in [-0.39, 0.29) is 5.56 Å². The summed E-state index contributed by atoms with van der Waals surface area (Å²) in [7, 11) is 0. The van der Waals surface area contributed by atoms with Crippen LogP contribution in [-0.2, 0) is 6.42 Å². The van der Waals surface area contributed by atoms with E-state index >= 15 is 0 Å². The fourth-order valence-electron chi connectivity index (χ4n) is 5.81. The van der Waals surface area contributed by atoms with Crippen LogP contribution in [0.2, 0.25) is 0 Å². The van der Waals surface area contributed by atoms with Gasteiger partial charge in [0.05, 0.1) is 5.56 Å². The Hall–Kier alpha value is -3.79. The number of aromatic hydroxyl groups is 1. The molecule has 2 N–H and O–H groups in total. The molecule has 0 atom stereocenters. The molecule has 0 fully saturated rings. The fraction of sp³-hybridized carbons (Fsp3) is 0.511. The summed E-state index contributed by atoms with van der Waals surface area (Å²) in [6.45, 7) is 19.9. The average Bonchev–Trinajstić information content (AvgIpc) is 3.05. The molecule has 0 radical (unpaired) electrons. The molecule has 0 aromatic heterocycles. The highest BCUT2D eigenvalue weighted by molar-refractivity contribution is 5.88. The molecule has 51 heavy (non-hydrogen) atoms. The molecule has 0 saturated heterocycles. The van der Waals surface area contributed by atoms with Crippen LogP contribution in [0.1, 0.15) is 168 Å². The highest BCUT2D eigenvalue weighted by Crippen LogP contribution is 2.29. The zero-order valence-electron chi connectivity index (χ0n) is 33.6. The van der Waals surface area contributed by atoms with E-state index in [9.17, 15) is 20.1 Å². The van der Waals surface area contributed by atoms with Gasteiger partial charge in [0.2, 0.25) is 0 Å². The number of carboxylic acid groups (broad SMARTS) is 1. The molecule has 1 aromatic rings. The van der Waals surface area contributed by atoms with E-state index in [0.717, 1.165) is 95.1 Å². The van der Waals surface area contributed by atoms with Gasteiger partial charge in [0.1, 0.15) is 5.75 Å². The van der Waals surface area contributed by atoms with Gasteiger partial charge in [0.15, 0.2) is 0 Å². The van der Waals surface area contributed by atoms with Gasteiger partial charge in [-0.1, -0.05) is 98.9 Å². The van der Waals surface area contributed by atoms with Gasteiger partial charge in [-0.3, -0.25) is 0 Å². The van der Waals surface area contributed by atoms with E-state index in [1.165, 1.54) is 51.5 Å². The lowest BCUT2D eigenvalue weighted by Gasteiger charge is -2.15. The minimum absolute atomic E-state index is 0.0721. The molecule has 1 aromatic carbocycles. The third-order valence-corrected chi connectivity index (χ3v) is 9.34. The lowest BCUT2D eigenvalue weighted by atomic mass is 10.0. The number of carboxylic acids is 1. The van der Waals surface area contributed by atoms with Gasteiger partial charge in [0, 0.05) is 0 Å². The molecule has 4 heteroatoms. The Labute approximate surface area is 311 Å². The number of phenolic OH excluding ortho intramolecular Hbond substituents is 1. The Morgan fingerprint density at radius 1 is 0.510 bits per heavy atom. The van der Waals surface area contributed by atoms with Crippen molar-refractivity contribution < 1.29 is 20.1 Å². The van der Waals surface area contributed by atoms with Crippen LogP contribution in [0.5, 0.6) is 11.5 Å². The Balaban J connectivity index is 2.31. The molecule has 0 amide bonds. The van der Waals surface area contributed by atoms with Crippen LogP contribution in [-0.4, -0.2) is 16.2 Å². The smallest absolute Gasteiger partial charge is 0.335 e. The second-order valence-electron chi connectivity index (χ2n) is 14.9. The zero-order valence-corrected chi connectivity index (χ0v) is 33.6. The van der Waals surface area contributed by atoms with Crippen LogP contribution >= 0.6 is 0 Å². The molecule has 0 aliphatic rings. The molecule has 0 saturated carbocycles. The molecule has 1 rings (SSSR count). The number of benzene rings is 1. The number of phenols is 1. The van der Waals surface area contributed by atoms with Gasteiger partial charge < -0.3 is 15.3 Å². The first-order valence-electron chi connectivity index (χ1n) is 19.2. The molecule has 0 bridgehead atoms. The van der Waals surface area contributed by atoms with E-state index in [0.29, 0.717) is 12.0 Å². The predicted molar refractivity (Wildman–Crippen MR) is 219 cm³/mol. The summed E-state index contributed by atoms with van der Waals surface area (Å²) in [6.07, 6.45) is 34.2. The second kappa shape index (κ2) is 26.1. The van der Waals surface area contributed by atoms with Crippen molar-refractivity contribution in [1.29, 1.82) is 0 Å². The summed E-state index contributed by atoms with van der Waals surface area (Å²) >= 11 is 0. The van der Waals surface area contributed by atoms with Crippen LogP contribution in [0, 0.1) is 0 Å². The molecule has 0 unspecified atom stereocenters. The highest BCUT2D eigenvalue weighted by Gasteiger charge is 2.08. The maximum Gasteiger partial charge on any atom is 0.335 e. The van der Waals surface area contributed by atoms with Crippen LogP contribution in [0.4, 0.5) is 0 Å². The monoisotopic (exact) mass is 698 g/mol. The molecule has 282 valence electrons.